The molecule has 0 aromatic rings. The average molecular weight is 385 g/mol. The highest BCUT2D eigenvalue weighted by Gasteiger charge is 2.69. The number of rotatable bonds is 2. The van der Waals surface area contributed by atoms with Crippen LogP contribution in [-0.4, -0.2) is 23.1 Å². The molecule has 0 radical (unpaired) electrons. The zero-order chi connectivity index (χ0) is 20.5. The fourth-order valence-electron chi connectivity index (χ4n) is 7.63. The Kier molecular flexibility index (Phi) is 4.30. The molecule has 6 atom stereocenters. The van der Waals surface area contributed by atoms with Gasteiger partial charge in [0.05, 0.1) is 0 Å². The maximum atomic E-state index is 12.9. The number of fused-ring (bicyclic) bond motifs is 5. The SMILES string of the molecule is C=C1CC2C3CCC4=CC(=O)CCC4(C)C3CCC2(C)C1(OC(C)=O)C(C)=O. The van der Waals surface area contributed by atoms with Crippen molar-refractivity contribution in [3.05, 3.63) is 23.8 Å². The standard InChI is InChI=1S/C24H32O4/c1-14-12-21-19-7-6-17-13-18(27)8-10-22(17,4)20(19)9-11-23(21,5)24(14,15(2)25)28-16(3)26/h13,19-21H,1,6-12H2,2-5H3. The van der Waals surface area contributed by atoms with E-state index in [1.165, 1.54) is 12.5 Å². The van der Waals surface area contributed by atoms with Crippen molar-refractivity contribution in [1.82, 2.24) is 0 Å². The Morgan fingerprint density at radius 1 is 1.11 bits per heavy atom. The van der Waals surface area contributed by atoms with E-state index in [4.69, 9.17) is 4.74 Å². The molecule has 3 fully saturated rings. The van der Waals surface area contributed by atoms with E-state index in [-0.39, 0.29) is 22.9 Å². The lowest BCUT2D eigenvalue weighted by Crippen LogP contribution is -2.59. The summed E-state index contributed by atoms with van der Waals surface area (Å²) in [5, 5.41) is 0. The first-order valence-electron chi connectivity index (χ1n) is 10.7. The molecule has 0 aromatic carbocycles. The van der Waals surface area contributed by atoms with Crippen LogP contribution in [0.15, 0.2) is 23.8 Å². The lowest BCUT2D eigenvalue weighted by Gasteiger charge is -2.58. The van der Waals surface area contributed by atoms with E-state index in [0.717, 1.165) is 44.1 Å². The van der Waals surface area contributed by atoms with Crippen LogP contribution in [-0.2, 0) is 19.1 Å². The number of hydrogen-bond donors (Lipinski definition) is 0. The molecule has 6 unspecified atom stereocenters. The van der Waals surface area contributed by atoms with Crippen LogP contribution in [0, 0.1) is 28.6 Å². The molecule has 4 aliphatic rings. The van der Waals surface area contributed by atoms with Crippen molar-refractivity contribution in [2.24, 2.45) is 28.6 Å². The summed E-state index contributed by atoms with van der Waals surface area (Å²) in [7, 11) is 0. The van der Waals surface area contributed by atoms with Gasteiger partial charge in [0.1, 0.15) is 0 Å². The zero-order valence-electron chi connectivity index (χ0n) is 17.6. The highest BCUT2D eigenvalue weighted by Crippen LogP contribution is 2.69. The van der Waals surface area contributed by atoms with Gasteiger partial charge in [-0.2, -0.15) is 0 Å². The summed E-state index contributed by atoms with van der Waals surface area (Å²) in [5.74, 6) is 1.05. The molecule has 3 saturated carbocycles. The molecule has 0 heterocycles. The number of allylic oxidation sites excluding steroid dienone is 1. The molecule has 0 aliphatic heterocycles. The first kappa shape index (κ1) is 19.6. The van der Waals surface area contributed by atoms with Gasteiger partial charge in [-0.15, -0.1) is 0 Å². The quantitative estimate of drug-likeness (QED) is 0.517. The largest absolute Gasteiger partial charge is 0.446 e. The Bertz CT molecular complexity index is 807. The highest BCUT2D eigenvalue weighted by atomic mass is 16.6. The molecule has 0 amide bonds. The molecule has 4 aliphatic carbocycles. The Morgan fingerprint density at radius 3 is 2.46 bits per heavy atom. The van der Waals surface area contributed by atoms with Gasteiger partial charge in [-0.1, -0.05) is 26.0 Å². The molecule has 152 valence electrons. The summed E-state index contributed by atoms with van der Waals surface area (Å²) < 4.78 is 5.83. The van der Waals surface area contributed by atoms with Crippen LogP contribution in [0.4, 0.5) is 0 Å². The summed E-state index contributed by atoms with van der Waals surface area (Å²) >= 11 is 0. The predicted molar refractivity (Wildman–Crippen MR) is 106 cm³/mol. The smallest absolute Gasteiger partial charge is 0.303 e. The summed E-state index contributed by atoms with van der Waals surface area (Å²) in [4.78, 5) is 36.8. The number of Topliss-reactive ketones (excluding diaryl/α,β-unsaturated/α-hetero) is 1. The van der Waals surface area contributed by atoms with E-state index < -0.39 is 17.0 Å². The van der Waals surface area contributed by atoms with Crippen molar-refractivity contribution >= 4 is 17.5 Å². The van der Waals surface area contributed by atoms with Gasteiger partial charge in [0, 0.05) is 18.8 Å². The number of esters is 1. The predicted octanol–water partition coefficient (Wildman–Crippen LogP) is 4.58. The van der Waals surface area contributed by atoms with E-state index in [0.29, 0.717) is 18.3 Å². The lowest BCUT2D eigenvalue weighted by molar-refractivity contribution is -0.181. The monoisotopic (exact) mass is 384 g/mol. The second-order valence-electron chi connectivity index (χ2n) is 10.1. The third-order valence-electron chi connectivity index (χ3n) is 8.91. The molecular formula is C24H32O4. The number of ketones is 2. The minimum atomic E-state index is -1.19. The average Bonchev–Trinajstić information content (AvgIpc) is 2.83. The molecule has 0 spiro atoms. The van der Waals surface area contributed by atoms with Gasteiger partial charge in [0.2, 0.25) is 0 Å². The molecule has 0 N–H and O–H groups in total. The van der Waals surface area contributed by atoms with Gasteiger partial charge < -0.3 is 4.74 Å². The first-order valence-corrected chi connectivity index (χ1v) is 10.7. The third kappa shape index (κ3) is 2.32. The molecule has 4 nitrogen and oxygen atoms in total. The number of carbonyl (C=O) groups excluding carboxylic acids is 3. The van der Waals surface area contributed by atoms with E-state index in [1.807, 2.05) is 6.08 Å². The minimum Gasteiger partial charge on any atom is -0.446 e. The van der Waals surface area contributed by atoms with Crippen molar-refractivity contribution in [2.75, 3.05) is 0 Å². The molecule has 28 heavy (non-hydrogen) atoms. The van der Waals surface area contributed by atoms with Gasteiger partial charge in [0.25, 0.3) is 0 Å². The fourth-order valence-corrected chi connectivity index (χ4v) is 7.63. The van der Waals surface area contributed by atoms with Gasteiger partial charge in [-0.05, 0) is 80.3 Å². The van der Waals surface area contributed by atoms with Crippen molar-refractivity contribution in [3.63, 3.8) is 0 Å². The number of carbonyl (C=O) groups is 3. The zero-order valence-corrected chi connectivity index (χ0v) is 17.6. The molecule has 4 heteroatoms. The van der Waals surface area contributed by atoms with Crippen LogP contribution in [0.5, 0.6) is 0 Å². The Balaban J connectivity index is 1.75. The van der Waals surface area contributed by atoms with Gasteiger partial charge in [-0.25, -0.2) is 0 Å². The maximum absolute atomic E-state index is 12.9. The van der Waals surface area contributed by atoms with Crippen LogP contribution in [0.3, 0.4) is 0 Å². The van der Waals surface area contributed by atoms with Gasteiger partial charge >= 0.3 is 5.97 Å². The second kappa shape index (κ2) is 6.14. The van der Waals surface area contributed by atoms with Gasteiger partial charge in [-0.3, -0.25) is 14.4 Å². The molecule has 0 bridgehead atoms. The second-order valence-corrected chi connectivity index (χ2v) is 10.1. The summed E-state index contributed by atoms with van der Waals surface area (Å²) in [5.41, 5.74) is 0.609. The van der Waals surface area contributed by atoms with Crippen molar-refractivity contribution in [3.8, 4) is 0 Å². The molecule has 0 aromatic heterocycles. The summed E-state index contributed by atoms with van der Waals surface area (Å²) in [6.07, 6.45) is 8.10. The fraction of sp³-hybridized carbons (Fsp3) is 0.708. The van der Waals surface area contributed by atoms with Gasteiger partial charge in [0.15, 0.2) is 17.2 Å². The normalized spacial score (nSPS) is 44.9. The van der Waals surface area contributed by atoms with Crippen molar-refractivity contribution in [2.45, 2.75) is 78.2 Å². The van der Waals surface area contributed by atoms with E-state index >= 15 is 0 Å². The lowest BCUT2D eigenvalue weighted by atomic mass is 9.46. The molecular weight excluding hydrogens is 352 g/mol. The third-order valence-corrected chi connectivity index (χ3v) is 8.91. The Labute approximate surface area is 167 Å². The summed E-state index contributed by atoms with van der Waals surface area (Å²) in [6, 6.07) is 0. The number of ether oxygens (including phenoxy) is 1. The topological polar surface area (TPSA) is 60.4 Å². The Hall–Kier alpha value is -1.71. The van der Waals surface area contributed by atoms with E-state index in [9.17, 15) is 14.4 Å². The number of hydrogen-bond acceptors (Lipinski definition) is 4. The minimum absolute atomic E-state index is 0.0857. The Morgan fingerprint density at radius 2 is 1.82 bits per heavy atom. The first-order chi connectivity index (χ1) is 13.1. The van der Waals surface area contributed by atoms with Crippen LogP contribution in [0.2, 0.25) is 0 Å². The summed E-state index contributed by atoms with van der Waals surface area (Å²) in [6.45, 7) is 11.7. The van der Waals surface area contributed by atoms with E-state index in [2.05, 4.69) is 20.4 Å². The molecule has 4 rings (SSSR count). The van der Waals surface area contributed by atoms with Crippen LogP contribution < -0.4 is 0 Å². The maximum Gasteiger partial charge on any atom is 0.303 e. The van der Waals surface area contributed by atoms with Crippen LogP contribution >= 0.6 is 0 Å². The van der Waals surface area contributed by atoms with E-state index in [1.54, 1.807) is 6.92 Å². The van der Waals surface area contributed by atoms with Crippen LogP contribution in [0.1, 0.15) is 72.6 Å². The molecule has 0 saturated heterocycles. The van der Waals surface area contributed by atoms with Crippen LogP contribution in [0.25, 0.3) is 0 Å². The van der Waals surface area contributed by atoms with Crippen molar-refractivity contribution < 1.29 is 19.1 Å². The highest BCUT2D eigenvalue weighted by molar-refractivity contribution is 5.93. The van der Waals surface area contributed by atoms with Crippen molar-refractivity contribution in [1.29, 1.82) is 0 Å².